The van der Waals surface area contributed by atoms with Crippen molar-refractivity contribution < 1.29 is 9.21 Å². The van der Waals surface area contributed by atoms with E-state index in [0.29, 0.717) is 6.42 Å². The van der Waals surface area contributed by atoms with Gasteiger partial charge in [-0.05, 0) is 31.5 Å². The molecule has 2 nitrogen and oxygen atoms in total. The first-order chi connectivity index (χ1) is 7.66. The summed E-state index contributed by atoms with van der Waals surface area (Å²) in [5.41, 5.74) is 2.25. The summed E-state index contributed by atoms with van der Waals surface area (Å²) in [6.07, 6.45) is 0.367. The molecule has 2 rings (SSSR count). The minimum atomic E-state index is 0.116. The molecule has 0 aliphatic carbocycles. The van der Waals surface area contributed by atoms with Crippen molar-refractivity contribution in [3.05, 3.63) is 47.7 Å². The molecule has 1 heterocycles. The average molecular weight is 214 g/mol. The van der Waals surface area contributed by atoms with Crippen LogP contribution in [0.3, 0.4) is 0 Å². The van der Waals surface area contributed by atoms with Gasteiger partial charge in [0.15, 0.2) is 0 Å². The van der Waals surface area contributed by atoms with Crippen LogP contribution in [0.1, 0.15) is 18.2 Å². The summed E-state index contributed by atoms with van der Waals surface area (Å²) in [6, 6.07) is 11.8. The quantitative estimate of drug-likeness (QED) is 0.784. The first kappa shape index (κ1) is 10.7. The van der Waals surface area contributed by atoms with Crippen LogP contribution in [0.4, 0.5) is 0 Å². The third kappa shape index (κ3) is 2.22. The Labute approximate surface area is 94.9 Å². The molecule has 0 amide bonds. The lowest BCUT2D eigenvalue weighted by atomic mass is 10.1. The van der Waals surface area contributed by atoms with Crippen molar-refractivity contribution >= 4 is 5.78 Å². The first-order valence-corrected chi connectivity index (χ1v) is 5.31. The van der Waals surface area contributed by atoms with Crippen LogP contribution in [0, 0.1) is 6.92 Å². The predicted octanol–water partition coefficient (Wildman–Crippen LogP) is 3.39. The number of benzene rings is 1. The lowest BCUT2D eigenvalue weighted by molar-refractivity contribution is -0.116. The largest absolute Gasteiger partial charge is 0.461 e. The Kier molecular flexibility index (Phi) is 2.91. The summed E-state index contributed by atoms with van der Waals surface area (Å²) >= 11 is 0. The zero-order chi connectivity index (χ0) is 11.5. The standard InChI is InChI=1S/C14H14O2/c1-10-5-3-4-6-13(10)14-8-7-12(16-14)9-11(2)15/h3-8H,9H2,1-2H3. The number of Topliss-reactive ketones (excluding diaryl/α,β-unsaturated/α-hetero) is 1. The molecule has 1 aromatic carbocycles. The maximum atomic E-state index is 11.0. The van der Waals surface area contributed by atoms with Crippen LogP contribution in [0.5, 0.6) is 0 Å². The summed E-state index contributed by atoms with van der Waals surface area (Å²) < 4.78 is 5.64. The van der Waals surface area contributed by atoms with E-state index in [-0.39, 0.29) is 5.78 Å². The average Bonchev–Trinajstić information content (AvgIpc) is 2.66. The summed E-state index contributed by atoms with van der Waals surface area (Å²) in [7, 11) is 0. The third-order valence-corrected chi connectivity index (χ3v) is 2.50. The molecule has 0 N–H and O–H groups in total. The van der Waals surface area contributed by atoms with E-state index >= 15 is 0 Å². The number of ketones is 1. The van der Waals surface area contributed by atoms with Crippen molar-refractivity contribution in [2.45, 2.75) is 20.3 Å². The fourth-order valence-corrected chi connectivity index (χ4v) is 1.71. The lowest BCUT2D eigenvalue weighted by Crippen LogP contribution is -1.93. The molecule has 16 heavy (non-hydrogen) atoms. The molecule has 1 aromatic heterocycles. The second-order valence-electron chi connectivity index (χ2n) is 3.96. The van der Waals surface area contributed by atoms with Crippen molar-refractivity contribution in [2.24, 2.45) is 0 Å². The highest BCUT2D eigenvalue weighted by Gasteiger charge is 2.07. The molecule has 2 heteroatoms. The Bertz CT molecular complexity index is 509. The summed E-state index contributed by atoms with van der Waals surface area (Å²) in [5.74, 6) is 1.67. The minimum Gasteiger partial charge on any atom is -0.461 e. The highest BCUT2D eigenvalue weighted by Crippen LogP contribution is 2.25. The molecule has 0 radical (unpaired) electrons. The zero-order valence-electron chi connectivity index (χ0n) is 9.49. The van der Waals surface area contributed by atoms with Crippen LogP contribution in [0.2, 0.25) is 0 Å². The van der Waals surface area contributed by atoms with Crippen molar-refractivity contribution in [1.29, 1.82) is 0 Å². The van der Waals surface area contributed by atoms with Gasteiger partial charge in [0.2, 0.25) is 0 Å². The van der Waals surface area contributed by atoms with Crippen molar-refractivity contribution in [3.8, 4) is 11.3 Å². The molecule has 0 atom stereocenters. The van der Waals surface area contributed by atoms with E-state index in [0.717, 1.165) is 17.1 Å². The number of carbonyl (C=O) groups is 1. The van der Waals surface area contributed by atoms with E-state index in [1.807, 2.05) is 43.3 Å². The highest BCUT2D eigenvalue weighted by atomic mass is 16.3. The molecule has 0 bridgehead atoms. The van der Waals surface area contributed by atoms with Gasteiger partial charge in [-0.2, -0.15) is 0 Å². The third-order valence-electron chi connectivity index (χ3n) is 2.50. The van der Waals surface area contributed by atoms with Crippen LogP contribution in [-0.2, 0) is 11.2 Å². The van der Waals surface area contributed by atoms with Crippen LogP contribution < -0.4 is 0 Å². The van der Waals surface area contributed by atoms with Crippen LogP contribution in [-0.4, -0.2) is 5.78 Å². The minimum absolute atomic E-state index is 0.116. The van der Waals surface area contributed by atoms with E-state index in [1.165, 1.54) is 5.56 Å². The van der Waals surface area contributed by atoms with Gasteiger partial charge in [0, 0.05) is 5.56 Å². The predicted molar refractivity (Wildman–Crippen MR) is 63.3 cm³/mol. The maximum Gasteiger partial charge on any atom is 0.137 e. The highest BCUT2D eigenvalue weighted by molar-refractivity contribution is 5.77. The van der Waals surface area contributed by atoms with Gasteiger partial charge in [-0.1, -0.05) is 24.3 Å². The van der Waals surface area contributed by atoms with E-state index in [4.69, 9.17) is 4.42 Å². The molecule has 82 valence electrons. The van der Waals surface area contributed by atoms with Crippen molar-refractivity contribution in [1.82, 2.24) is 0 Å². The molecule has 0 aliphatic rings. The molecule has 2 aromatic rings. The molecule has 0 aliphatic heterocycles. The van der Waals surface area contributed by atoms with Crippen LogP contribution >= 0.6 is 0 Å². The Hall–Kier alpha value is -1.83. The Morgan fingerprint density at radius 1 is 1.19 bits per heavy atom. The Morgan fingerprint density at radius 2 is 1.94 bits per heavy atom. The van der Waals surface area contributed by atoms with Gasteiger partial charge in [0.1, 0.15) is 17.3 Å². The van der Waals surface area contributed by atoms with E-state index in [2.05, 4.69) is 0 Å². The SMILES string of the molecule is CC(=O)Cc1ccc(-c2ccccc2C)o1. The second kappa shape index (κ2) is 4.35. The first-order valence-electron chi connectivity index (χ1n) is 5.31. The van der Waals surface area contributed by atoms with E-state index in [1.54, 1.807) is 6.92 Å². The summed E-state index contributed by atoms with van der Waals surface area (Å²) in [4.78, 5) is 11.0. The van der Waals surface area contributed by atoms with E-state index in [9.17, 15) is 4.79 Å². The molecule has 0 spiro atoms. The molecule has 0 saturated heterocycles. The zero-order valence-corrected chi connectivity index (χ0v) is 9.49. The number of hydrogen-bond donors (Lipinski definition) is 0. The molecular weight excluding hydrogens is 200 g/mol. The molecular formula is C14H14O2. The van der Waals surface area contributed by atoms with E-state index < -0.39 is 0 Å². The second-order valence-corrected chi connectivity index (χ2v) is 3.96. The number of hydrogen-bond acceptors (Lipinski definition) is 2. The fourth-order valence-electron chi connectivity index (χ4n) is 1.71. The Morgan fingerprint density at radius 3 is 2.62 bits per heavy atom. The number of furan rings is 1. The van der Waals surface area contributed by atoms with Gasteiger partial charge in [0.25, 0.3) is 0 Å². The van der Waals surface area contributed by atoms with Crippen LogP contribution in [0.15, 0.2) is 40.8 Å². The molecule has 0 saturated carbocycles. The monoisotopic (exact) mass is 214 g/mol. The number of aryl methyl sites for hydroxylation is 1. The normalized spacial score (nSPS) is 10.4. The van der Waals surface area contributed by atoms with Gasteiger partial charge >= 0.3 is 0 Å². The van der Waals surface area contributed by atoms with Crippen LogP contribution in [0.25, 0.3) is 11.3 Å². The summed E-state index contributed by atoms with van der Waals surface area (Å²) in [6.45, 7) is 3.61. The fraction of sp³-hybridized carbons (Fsp3) is 0.214. The van der Waals surface area contributed by atoms with Crippen molar-refractivity contribution in [2.75, 3.05) is 0 Å². The number of rotatable bonds is 3. The van der Waals surface area contributed by atoms with Gasteiger partial charge in [-0.25, -0.2) is 0 Å². The van der Waals surface area contributed by atoms with Gasteiger partial charge in [-0.3, -0.25) is 4.79 Å². The Balaban J connectivity index is 2.32. The molecule has 0 unspecified atom stereocenters. The molecule has 0 fully saturated rings. The summed E-state index contributed by atoms with van der Waals surface area (Å²) in [5, 5.41) is 0. The number of carbonyl (C=O) groups excluding carboxylic acids is 1. The topological polar surface area (TPSA) is 30.2 Å². The maximum absolute atomic E-state index is 11.0. The van der Waals surface area contributed by atoms with Gasteiger partial charge in [-0.15, -0.1) is 0 Å². The van der Waals surface area contributed by atoms with Crippen molar-refractivity contribution in [3.63, 3.8) is 0 Å². The smallest absolute Gasteiger partial charge is 0.137 e. The van der Waals surface area contributed by atoms with Gasteiger partial charge in [0.05, 0.1) is 6.42 Å². The lowest BCUT2D eigenvalue weighted by Gasteiger charge is -2.01. The van der Waals surface area contributed by atoms with Gasteiger partial charge < -0.3 is 4.42 Å².